The van der Waals surface area contributed by atoms with Gasteiger partial charge < -0.3 is 20.4 Å². The smallest absolute Gasteiger partial charge is 0.321 e. The summed E-state index contributed by atoms with van der Waals surface area (Å²) in [5.74, 6) is -4.56. The van der Waals surface area contributed by atoms with E-state index in [0.717, 1.165) is 22.3 Å². The lowest BCUT2D eigenvalue weighted by atomic mass is 9.93. The maximum atomic E-state index is 12.8. The van der Waals surface area contributed by atoms with E-state index in [4.69, 9.17) is 4.74 Å². The first-order valence-corrected chi connectivity index (χ1v) is 10.0. The Morgan fingerprint density at radius 1 is 0.969 bits per heavy atom. The van der Waals surface area contributed by atoms with Crippen LogP contribution in [0, 0.1) is 16.0 Å². The molecule has 8 nitrogen and oxygen atoms in total. The number of fused-ring (bicyclic) bond motifs is 3. The monoisotopic (exact) mass is 432 g/mol. The van der Waals surface area contributed by atoms with Gasteiger partial charge in [0.15, 0.2) is 5.92 Å². The number of carbonyl (C=O) groups excluding carboxylic acids is 2. The molecule has 162 valence electrons. The Morgan fingerprint density at radius 3 is 2.12 bits per heavy atom. The molecular formula is C24H20N2O6. The normalized spacial score (nSPS) is 14.2. The first-order valence-electron chi connectivity index (χ1n) is 10.0. The minimum atomic E-state index is -1.70. The topological polar surface area (TPSA) is 137 Å². The summed E-state index contributed by atoms with van der Waals surface area (Å²) in [4.78, 5) is 35.0. The molecule has 0 amide bonds. The molecule has 0 saturated carbocycles. The second kappa shape index (κ2) is 8.60. The number of non-ortho nitro benzene ring substituents is 1. The van der Waals surface area contributed by atoms with Crippen LogP contribution in [0.25, 0.3) is 11.1 Å². The van der Waals surface area contributed by atoms with Gasteiger partial charge in [-0.2, -0.15) is 0 Å². The SMILES string of the molecule is [NH3+][C@@H](c1cccc([N+](=O)[O-])c1)[C@H](C(=O)[O-])C(=O)OCC1c2ccccc2-c2ccccc21. The van der Waals surface area contributed by atoms with E-state index in [0.29, 0.717) is 0 Å². The molecule has 2 atom stereocenters. The summed E-state index contributed by atoms with van der Waals surface area (Å²) in [7, 11) is 0. The number of esters is 1. The molecule has 4 rings (SSSR count). The van der Waals surface area contributed by atoms with Gasteiger partial charge >= 0.3 is 5.97 Å². The van der Waals surface area contributed by atoms with Crippen molar-refractivity contribution in [2.75, 3.05) is 6.61 Å². The van der Waals surface area contributed by atoms with Gasteiger partial charge in [-0.1, -0.05) is 60.7 Å². The highest BCUT2D eigenvalue weighted by molar-refractivity contribution is 5.94. The summed E-state index contributed by atoms with van der Waals surface area (Å²) < 4.78 is 5.45. The van der Waals surface area contributed by atoms with Crippen LogP contribution in [0.5, 0.6) is 0 Å². The van der Waals surface area contributed by atoms with Crippen molar-refractivity contribution in [1.82, 2.24) is 0 Å². The standard InChI is InChI=1S/C24H20N2O6/c25-22(14-6-5-7-15(12-14)26(30)31)21(23(27)28)24(29)32-13-20-18-10-3-1-8-16(18)17-9-2-4-11-19(17)20/h1-12,20-22H,13,25H2,(H,27,28)/t21-,22+/m1/s1. The maximum absolute atomic E-state index is 12.8. The zero-order valence-corrected chi connectivity index (χ0v) is 17.0. The van der Waals surface area contributed by atoms with Crippen molar-refractivity contribution in [2.45, 2.75) is 12.0 Å². The largest absolute Gasteiger partial charge is 0.549 e. The predicted octanol–water partition coefficient (Wildman–Crippen LogP) is 1.60. The number of nitro benzene ring substituents is 1. The Hall–Kier alpha value is -4.04. The van der Waals surface area contributed by atoms with Crippen molar-refractivity contribution in [2.24, 2.45) is 5.92 Å². The van der Waals surface area contributed by atoms with E-state index in [1.165, 1.54) is 24.3 Å². The number of rotatable bonds is 7. The summed E-state index contributed by atoms with van der Waals surface area (Å²) in [5.41, 5.74) is 7.87. The lowest BCUT2D eigenvalue weighted by molar-refractivity contribution is -0.440. The second-order valence-corrected chi connectivity index (χ2v) is 7.61. The molecule has 0 spiro atoms. The fourth-order valence-electron chi connectivity index (χ4n) is 4.18. The molecule has 0 heterocycles. The Balaban J connectivity index is 1.55. The van der Waals surface area contributed by atoms with E-state index >= 15 is 0 Å². The van der Waals surface area contributed by atoms with Crippen molar-refractivity contribution in [3.63, 3.8) is 0 Å². The number of quaternary nitrogens is 1. The number of benzene rings is 3. The number of nitrogens with zero attached hydrogens (tertiary/aromatic N) is 1. The highest BCUT2D eigenvalue weighted by atomic mass is 16.6. The van der Waals surface area contributed by atoms with Gasteiger partial charge in [-0.25, -0.2) is 0 Å². The molecule has 0 aromatic heterocycles. The first kappa shape index (κ1) is 21.2. The number of aliphatic carboxylic acids is 1. The average molecular weight is 432 g/mol. The van der Waals surface area contributed by atoms with Crippen LogP contribution in [0.3, 0.4) is 0 Å². The van der Waals surface area contributed by atoms with Gasteiger partial charge in [0.05, 0.1) is 10.9 Å². The number of carbonyl (C=O) groups is 2. The molecule has 0 unspecified atom stereocenters. The van der Waals surface area contributed by atoms with Gasteiger partial charge in [-0.05, 0) is 22.3 Å². The van der Waals surface area contributed by atoms with Crippen LogP contribution in [0.2, 0.25) is 0 Å². The van der Waals surface area contributed by atoms with Gasteiger partial charge in [-0.3, -0.25) is 14.9 Å². The minimum absolute atomic E-state index is 0.0434. The van der Waals surface area contributed by atoms with Crippen molar-refractivity contribution in [1.29, 1.82) is 0 Å². The number of hydrogen-bond donors (Lipinski definition) is 1. The average Bonchev–Trinajstić information content (AvgIpc) is 3.11. The molecule has 0 aliphatic heterocycles. The molecule has 0 saturated heterocycles. The van der Waals surface area contributed by atoms with E-state index in [1.54, 1.807) is 0 Å². The number of carboxylic acids is 1. The second-order valence-electron chi connectivity index (χ2n) is 7.61. The van der Waals surface area contributed by atoms with E-state index in [9.17, 15) is 24.8 Å². The van der Waals surface area contributed by atoms with Gasteiger partial charge in [-0.15, -0.1) is 0 Å². The van der Waals surface area contributed by atoms with Crippen LogP contribution < -0.4 is 10.8 Å². The Bertz CT molecular complexity index is 1160. The summed E-state index contributed by atoms with van der Waals surface area (Å²) in [5, 5.41) is 22.8. The molecular weight excluding hydrogens is 412 g/mol. The highest BCUT2D eigenvalue weighted by Crippen LogP contribution is 2.44. The number of ether oxygens (including phenoxy) is 1. The number of nitro groups is 1. The highest BCUT2D eigenvalue weighted by Gasteiger charge is 2.35. The molecule has 3 aromatic carbocycles. The fourth-order valence-corrected chi connectivity index (χ4v) is 4.18. The van der Waals surface area contributed by atoms with Gasteiger partial charge in [0.25, 0.3) is 5.69 Å². The molecule has 1 aliphatic carbocycles. The van der Waals surface area contributed by atoms with Gasteiger partial charge in [0.2, 0.25) is 0 Å². The summed E-state index contributed by atoms with van der Waals surface area (Å²) in [6, 6.07) is 19.8. The lowest BCUT2D eigenvalue weighted by Crippen LogP contribution is -2.62. The molecule has 1 aliphatic rings. The molecule has 8 heteroatoms. The van der Waals surface area contributed by atoms with Crippen molar-refractivity contribution >= 4 is 17.6 Å². The molecule has 0 fully saturated rings. The van der Waals surface area contributed by atoms with Crippen LogP contribution in [0.1, 0.15) is 28.7 Å². The van der Waals surface area contributed by atoms with Crippen LogP contribution in [0.4, 0.5) is 5.69 Å². The zero-order chi connectivity index (χ0) is 22.8. The third-order valence-corrected chi connectivity index (χ3v) is 5.77. The Kier molecular flexibility index (Phi) is 5.70. The van der Waals surface area contributed by atoms with Gasteiger partial charge in [0.1, 0.15) is 12.6 Å². The number of hydrogen-bond acceptors (Lipinski definition) is 6. The van der Waals surface area contributed by atoms with Crippen LogP contribution in [-0.4, -0.2) is 23.5 Å². The first-order chi connectivity index (χ1) is 15.4. The fraction of sp³-hybridized carbons (Fsp3) is 0.167. The minimum Gasteiger partial charge on any atom is -0.549 e. The third kappa shape index (κ3) is 3.83. The Morgan fingerprint density at radius 2 is 1.56 bits per heavy atom. The molecule has 3 aromatic rings. The zero-order valence-electron chi connectivity index (χ0n) is 17.0. The number of carboxylic acid groups (broad SMARTS) is 1. The third-order valence-electron chi connectivity index (χ3n) is 5.77. The van der Waals surface area contributed by atoms with Crippen molar-refractivity contribution in [3.8, 4) is 11.1 Å². The van der Waals surface area contributed by atoms with Crippen LogP contribution >= 0.6 is 0 Å². The van der Waals surface area contributed by atoms with E-state index in [-0.39, 0.29) is 23.8 Å². The van der Waals surface area contributed by atoms with Crippen molar-refractivity contribution in [3.05, 3.63) is 99.6 Å². The molecule has 3 N–H and O–H groups in total. The molecule has 0 bridgehead atoms. The Labute approximate surface area is 183 Å². The lowest BCUT2D eigenvalue weighted by Gasteiger charge is -2.22. The predicted molar refractivity (Wildman–Crippen MR) is 112 cm³/mol. The van der Waals surface area contributed by atoms with E-state index < -0.39 is 28.8 Å². The maximum Gasteiger partial charge on any atom is 0.321 e. The van der Waals surface area contributed by atoms with E-state index in [2.05, 4.69) is 5.73 Å². The summed E-state index contributed by atoms with van der Waals surface area (Å²) in [6.07, 6.45) is 0. The quantitative estimate of drug-likeness (QED) is 0.261. The van der Waals surface area contributed by atoms with Gasteiger partial charge in [0, 0.05) is 23.6 Å². The summed E-state index contributed by atoms with van der Waals surface area (Å²) >= 11 is 0. The molecule has 32 heavy (non-hydrogen) atoms. The van der Waals surface area contributed by atoms with Crippen LogP contribution in [0.15, 0.2) is 72.8 Å². The summed E-state index contributed by atoms with van der Waals surface area (Å²) in [6.45, 7) is -0.0434. The van der Waals surface area contributed by atoms with E-state index in [1.807, 2.05) is 48.5 Å². The molecule has 0 radical (unpaired) electrons. The van der Waals surface area contributed by atoms with Crippen molar-refractivity contribution < 1.29 is 30.1 Å². The van der Waals surface area contributed by atoms with Crippen LogP contribution in [-0.2, 0) is 14.3 Å².